The third-order valence-corrected chi connectivity index (χ3v) is 8.79. The lowest BCUT2D eigenvalue weighted by Crippen LogP contribution is -2.46. The minimum Gasteiger partial charge on any atom is -0.392 e. The van der Waals surface area contributed by atoms with E-state index in [1.165, 1.54) is 0 Å². The molecule has 0 bridgehead atoms. The van der Waals surface area contributed by atoms with Crippen molar-refractivity contribution in [3.05, 3.63) is 100 Å². The number of aliphatic hydroxyl groups is 2. The molecule has 10 nitrogen and oxygen atoms in total. The molecule has 5 rings (SSSR count). The molecule has 45 heavy (non-hydrogen) atoms. The van der Waals surface area contributed by atoms with E-state index in [9.17, 15) is 19.8 Å². The number of halogens is 1. The van der Waals surface area contributed by atoms with Gasteiger partial charge >= 0.3 is 0 Å². The van der Waals surface area contributed by atoms with Crippen LogP contribution in [0.2, 0.25) is 5.02 Å². The van der Waals surface area contributed by atoms with Crippen molar-refractivity contribution in [2.45, 2.75) is 69.2 Å². The molecule has 0 unspecified atom stereocenters. The van der Waals surface area contributed by atoms with Gasteiger partial charge in [-0.25, -0.2) is 5.48 Å². The summed E-state index contributed by atoms with van der Waals surface area (Å²) in [7, 11) is 0. The van der Waals surface area contributed by atoms with Crippen LogP contribution < -0.4 is 10.8 Å². The molecule has 2 saturated heterocycles. The Hall–Kier alpha value is -3.35. The maximum absolute atomic E-state index is 12.3. The van der Waals surface area contributed by atoms with E-state index in [4.69, 9.17) is 26.3 Å². The molecule has 2 aliphatic heterocycles. The highest BCUT2D eigenvalue weighted by atomic mass is 35.5. The molecule has 3 aromatic carbocycles. The van der Waals surface area contributed by atoms with Gasteiger partial charge in [0.1, 0.15) is 0 Å². The van der Waals surface area contributed by atoms with E-state index in [1.54, 1.807) is 17.6 Å². The summed E-state index contributed by atoms with van der Waals surface area (Å²) in [5.41, 5.74) is 4.81. The smallest absolute Gasteiger partial charge is 0.243 e. The molecule has 0 aromatic heterocycles. The maximum Gasteiger partial charge on any atom is 0.243 e. The molecule has 5 N–H and O–H groups in total. The zero-order valence-electron chi connectivity index (χ0n) is 25.0. The van der Waals surface area contributed by atoms with Gasteiger partial charge in [-0.2, -0.15) is 0 Å². The van der Waals surface area contributed by atoms with Gasteiger partial charge in [0.05, 0.1) is 24.4 Å². The number of ether oxygens (including phenoxy) is 2. The number of amides is 2. The maximum atomic E-state index is 12.3. The molecule has 3 atom stereocenters. The Morgan fingerprint density at radius 2 is 1.53 bits per heavy atom. The van der Waals surface area contributed by atoms with E-state index >= 15 is 0 Å². The van der Waals surface area contributed by atoms with Crippen LogP contribution in [-0.2, 0) is 31.3 Å². The van der Waals surface area contributed by atoms with Gasteiger partial charge < -0.3 is 29.9 Å². The summed E-state index contributed by atoms with van der Waals surface area (Å²) in [5, 5.41) is 32.9. The Kier molecular flexibility index (Phi) is 11.2. The topological polar surface area (TPSA) is 141 Å². The van der Waals surface area contributed by atoms with Crippen LogP contribution in [0.25, 0.3) is 0 Å². The first-order chi connectivity index (χ1) is 21.7. The van der Waals surface area contributed by atoms with Gasteiger partial charge in [0.2, 0.25) is 11.8 Å². The van der Waals surface area contributed by atoms with E-state index < -0.39 is 17.8 Å². The number of anilines is 1. The third-order valence-electron chi connectivity index (χ3n) is 8.54. The Balaban J connectivity index is 1.23. The van der Waals surface area contributed by atoms with E-state index in [0.29, 0.717) is 42.9 Å². The third kappa shape index (κ3) is 8.89. The van der Waals surface area contributed by atoms with Crippen molar-refractivity contribution in [2.75, 3.05) is 25.0 Å². The largest absolute Gasteiger partial charge is 0.392 e. The molecular formula is C34H40ClN3O7. The second-order valence-corrected chi connectivity index (χ2v) is 12.2. The molecule has 2 aliphatic rings. The fraction of sp³-hybridized carbons (Fsp3) is 0.412. The van der Waals surface area contributed by atoms with Gasteiger partial charge in [-0.15, -0.1) is 0 Å². The Morgan fingerprint density at radius 3 is 2.18 bits per heavy atom. The number of carbonyl (C=O) groups is 2. The molecule has 240 valence electrons. The molecule has 2 fully saturated rings. The van der Waals surface area contributed by atoms with Crippen molar-refractivity contribution >= 4 is 29.1 Å². The summed E-state index contributed by atoms with van der Waals surface area (Å²) in [6, 6.07) is 22.5. The SMILES string of the molecule is O=C(CCCC(=O)Nc1ccc([C@H]2O[C@@H](CN3CCC(O)(c4ccc(Cl)cc4)CC3)C[C@@H](c3ccc(CO)cc3)O2)cc1)NO. The van der Waals surface area contributed by atoms with Crippen molar-refractivity contribution in [3.63, 3.8) is 0 Å². The Bertz CT molecular complexity index is 1410. The molecule has 0 radical (unpaired) electrons. The molecule has 0 aliphatic carbocycles. The first-order valence-electron chi connectivity index (χ1n) is 15.3. The predicted molar refractivity (Wildman–Crippen MR) is 168 cm³/mol. The van der Waals surface area contributed by atoms with Gasteiger partial charge in [-0.3, -0.25) is 14.8 Å². The lowest BCUT2D eigenvalue weighted by Gasteiger charge is -2.42. The van der Waals surface area contributed by atoms with Gasteiger partial charge in [-0.1, -0.05) is 60.1 Å². The molecule has 11 heteroatoms. The van der Waals surface area contributed by atoms with Crippen LogP contribution in [0, 0.1) is 0 Å². The number of hydrogen-bond donors (Lipinski definition) is 5. The quantitative estimate of drug-likeness (QED) is 0.147. The molecule has 0 saturated carbocycles. The number of piperidine rings is 1. The minimum atomic E-state index is -0.887. The average Bonchev–Trinajstić information content (AvgIpc) is 3.06. The fourth-order valence-electron chi connectivity index (χ4n) is 5.89. The summed E-state index contributed by atoms with van der Waals surface area (Å²) in [6.45, 7) is 2.10. The van der Waals surface area contributed by atoms with Crippen LogP contribution in [0.3, 0.4) is 0 Å². The lowest BCUT2D eigenvalue weighted by atomic mass is 9.84. The highest BCUT2D eigenvalue weighted by molar-refractivity contribution is 6.30. The number of likely N-dealkylation sites (tertiary alicyclic amines) is 1. The van der Waals surface area contributed by atoms with E-state index in [-0.39, 0.29) is 37.6 Å². The number of hydrogen-bond acceptors (Lipinski definition) is 8. The number of rotatable bonds is 11. The average molecular weight is 638 g/mol. The molecule has 2 heterocycles. The molecule has 3 aromatic rings. The lowest BCUT2D eigenvalue weighted by molar-refractivity contribution is -0.253. The predicted octanol–water partition coefficient (Wildman–Crippen LogP) is 4.98. The summed E-state index contributed by atoms with van der Waals surface area (Å²) >= 11 is 6.05. The normalized spacial score (nSPS) is 21.6. The summed E-state index contributed by atoms with van der Waals surface area (Å²) < 4.78 is 13.0. The van der Waals surface area contributed by atoms with Crippen molar-refractivity contribution < 1.29 is 34.5 Å². The van der Waals surface area contributed by atoms with Crippen molar-refractivity contribution in [3.8, 4) is 0 Å². The van der Waals surface area contributed by atoms with E-state index in [2.05, 4.69) is 10.2 Å². The van der Waals surface area contributed by atoms with Crippen molar-refractivity contribution in [1.82, 2.24) is 10.4 Å². The summed E-state index contributed by atoms with van der Waals surface area (Å²) in [4.78, 5) is 25.8. The van der Waals surface area contributed by atoms with Crippen LogP contribution in [0.15, 0.2) is 72.8 Å². The van der Waals surface area contributed by atoms with Gasteiger partial charge in [-0.05, 0) is 60.2 Å². The van der Waals surface area contributed by atoms with Crippen LogP contribution >= 0.6 is 11.6 Å². The van der Waals surface area contributed by atoms with Crippen LogP contribution in [0.4, 0.5) is 5.69 Å². The Morgan fingerprint density at radius 1 is 0.889 bits per heavy atom. The van der Waals surface area contributed by atoms with Gasteiger partial charge in [0, 0.05) is 55.2 Å². The number of aliphatic hydroxyl groups excluding tert-OH is 1. The van der Waals surface area contributed by atoms with Crippen LogP contribution in [-0.4, -0.2) is 57.9 Å². The first-order valence-corrected chi connectivity index (χ1v) is 15.7. The fourth-order valence-corrected chi connectivity index (χ4v) is 6.01. The van der Waals surface area contributed by atoms with Crippen molar-refractivity contribution in [2.24, 2.45) is 0 Å². The number of hydroxylamine groups is 1. The second-order valence-electron chi connectivity index (χ2n) is 11.7. The number of nitrogens with zero attached hydrogens (tertiary/aromatic N) is 1. The van der Waals surface area contributed by atoms with Crippen LogP contribution in [0.5, 0.6) is 0 Å². The zero-order valence-corrected chi connectivity index (χ0v) is 25.8. The molecule has 2 amide bonds. The number of nitrogens with one attached hydrogen (secondary N) is 2. The minimum absolute atomic E-state index is 0.0294. The first kappa shape index (κ1) is 33.0. The monoisotopic (exact) mass is 637 g/mol. The zero-order chi connectivity index (χ0) is 31.8. The van der Waals surface area contributed by atoms with Crippen LogP contribution in [0.1, 0.15) is 73.2 Å². The standard InChI is InChI=1S/C34H40ClN3O7/c35-27-12-10-26(11-13-27)34(42)16-18-38(19-17-34)21-29-20-30(24-6-4-23(22-39)5-7-24)45-33(44-29)25-8-14-28(15-9-25)36-31(40)2-1-3-32(41)37-43/h4-15,29-30,33,39,42-43H,1-3,16-22H2,(H,36,40)(H,37,41)/t29-,30+,33+/m1/s1. The second kappa shape index (κ2) is 15.3. The van der Waals surface area contributed by atoms with Gasteiger partial charge in [0.25, 0.3) is 0 Å². The Labute approximate surface area is 267 Å². The van der Waals surface area contributed by atoms with E-state index in [1.807, 2.05) is 60.7 Å². The molecule has 0 spiro atoms. The summed E-state index contributed by atoms with van der Waals surface area (Å²) in [6.07, 6.45) is 1.39. The number of carbonyl (C=O) groups excluding carboxylic acids is 2. The van der Waals surface area contributed by atoms with E-state index in [0.717, 1.165) is 35.3 Å². The number of benzene rings is 3. The highest BCUT2D eigenvalue weighted by Crippen LogP contribution is 2.39. The van der Waals surface area contributed by atoms with Gasteiger partial charge in [0.15, 0.2) is 6.29 Å². The highest BCUT2D eigenvalue weighted by Gasteiger charge is 2.37. The summed E-state index contributed by atoms with van der Waals surface area (Å²) in [5.74, 6) is -0.755. The van der Waals surface area contributed by atoms with Crippen molar-refractivity contribution in [1.29, 1.82) is 0 Å². The molecular weight excluding hydrogens is 598 g/mol.